The predicted molar refractivity (Wildman–Crippen MR) is 64.4 cm³/mol. The second-order valence-corrected chi connectivity index (χ2v) is 5.14. The number of rotatable bonds is 5. The molecule has 5 heteroatoms. The highest BCUT2D eigenvalue weighted by Crippen LogP contribution is 2.27. The van der Waals surface area contributed by atoms with Crippen LogP contribution in [-0.4, -0.2) is 29.6 Å². The number of carbonyl (C=O) groups is 2. The van der Waals surface area contributed by atoms with E-state index in [0.717, 1.165) is 6.42 Å². The van der Waals surface area contributed by atoms with Gasteiger partial charge in [-0.1, -0.05) is 6.92 Å². The summed E-state index contributed by atoms with van der Waals surface area (Å²) in [6.45, 7) is 4.08. The fourth-order valence-corrected chi connectivity index (χ4v) is 2.09. The lowest BCUT2D eigenvalue weighted by Crippen LogP contribution is -2.46. The fraction of sp³-hybridized carbons (Fsp3) is 0.833. The molecule has 0 aromatic rings. The number of carboxylic acid groups (broad SMARTS) is 1. The van der Waals surface area contributed by atoms with Crippen molar-refractivity contribution in [1.29, 1.82) is 0 Å². The Morgan fingerprint density at radius 2 is 2.12 bits per heavy atom. The summed E-state index contributed by atoms with van der Waals surface area (Å²) in [7, 11) is 0. The smallest absolute Gasteiger partial charge is 0.306 e. The van der Waals surface area contributed by atoms with Gasteiger partial charge in [-0.25, -0.2) is 0 Å². The highest BCUT2D eigenvalue weighted by Gasteiger charge is 2.35. The minimum absolute atomic E-state index is 0.0129. The second-order valence-electron chi connectivity index (χ2n) is 5.14. The van der Waals surface area contributed by atoms with Gasteiger partial charge in [-0.15, -0.1) is 0 Å². The molecule has 3 atom stereocenters. The molecule has 1 rings (SSSR count). The van der Waals surface area contributed by atoms with Gasteiger partial charge in [0.15, 0.2) is 0 Å². The molecule has 1 amide bonds. The zero-order chi connectivity index (χ0) is 13.1. The molecular weight excluding hydrogens is 220 g/mol. The average Bonchev–Trinajstić information content (AvgIpc) is 2.76. The van der Waals surface area contributed by atoms with Gasteiger partial charge >= 0.3 is 5.97 Å². The monoisotopic (exact) mass is 242 g/mol. The van der Waals surface area contributed by atoms with Gasteiger partial charge in [-0.05, 0) is 32.6 Å². The largest absolute Gasteiger partial charge is 0.481 e. The summed E-state index contributed by atoms with van der Waals surface area (Å²) in [6.07, 6.45) is 2.61. The van der Waals surface area contributed by atoms with E-state index < -0.39 is 11.4 Å². The van der Waals surface area contributed by atoms with E-state index in [4.69, 9.17) is 10.8 Å². The molecule has 0 aromatic carbocycles. The van der Waals surface area contributed by atoms with Crippen LogP contribution in [0.4, 0.5) is 0 Å². The number of hydrogen-bond donors (Lipinski definition) is 3. The number of amides is 1. The van der Waals surface area contributed by atoms with Gasteiger partial charge in [0.25, 0.3) is 0 Å². The summed E-state index contributed by atoms with van der Waals surface area (Å²) in [5.41, 5.74) is 5.07. The molecule has 1 fully saturated rings. The van der Waals surface area contributed by atoms with Crippen molar-refractivity contribution in [2.75, 3.05) is 6.54 Å². The lowest BCUT2D eigenvalue weighted by Gasteiger charge is -2.27. The van der Waals surface area contributed by atoms with E-state index in [1.54, 1.807) is 0 Å². The molecule has 4 N–H and O–H groups in total. The molecule has 1 unspecified atom stereocenters. The van der Waals surface area contributed by atoms with E-state index in [0.29, 0.717) is 25.8 Å². The molecular formula is C12H22N2O3. The van der Waals surface area contributed by atoms with Gasteiger partial charge in [-0.3, -0.25) is 9.59 Å². The molecule has 1 saturated carbocycles. The van der Waals surface area contributed by atoms with Crippen LogP contribution in [0, 0.1) is 11.3 Å². The highest BCUT2D eigenvalue weighted by atomic mass is 16.4. The Morgan fingerprint density at radius 3 is 2.53 bits per heavy atom. The van der Waals surface area contributed by atoms with Crippen LogP contribution in [0.3, 0.4) is 0 Å². The summed E-state index contributed by atoms with van der Waals surface area (Å²) in [5.74, 6) is -1.14. The number of aliphatic carboxylic acids is 1. The van der Waals surface area contributed by atoms with Gasteiger partial charge in [0.05, 0.1) is 11.3 Å². The summed E-state index contributed by atoms with van der Waals surface area (Å²) in [4.78, 5) is 22.8. The van der Waals surface area contributed by atoms with Gasteiger partial charge in [0, 0.05) is 12.6 Å². The van der Waals surface area contributed by atoms with Crippen molar-refractivity contribution >= 4 is 11.9 Å². The van der Waals surface area contributed by atoms with E-state index in [9.17, 15) is 9.59 Å². The van der Waals surface area contributed by atoms with Crippen LogP contribution in [0.2, 0.25) is 0 Å². The third kappa shape index (κ3) is 3.19. The van der Waals surface area contributed by atoms with Crippen molar-refractivity contribution in [1.82, 2.24) is 5.32 Å². The Hall–Kier alpha value is -1.10. The first-order valence-corrected chi connectivity index (χ1v) is 6.16. The minimum Gasteiger partial charge on any atom is -0.481 e. The molecule has 0 heterocycles. The zero-order valence-electron chi connectivity index (χ0n) is 10.5. The Bertz CT molecular complexity index is 300. The third-order valence-corrected chi connectivity index (χ3v) is 3.90. The molecule has 0 aromatic heterocycles. The SMILES string of the molecule is CCC(C)(CN)C(=O)N[C@H]1CC[C@@H](C(=O)O)C1. The Balaban J connectivity index is 2.51. The molecule has 98 valence electrons. The molecule has 0 spiro atoms. The average molecular weight is 242 g/mol. The lowest BCUT2D eigenvalue weighted by molar-refractivity contribution is -0.141. The summed E-state index contributed by atoms with van der Waals surface area (Å²) >= 11 is 0. The molecule has 0 aliphatic heterocycles. The van der Waals surface area contributed by atoms with Gasteiger partial charge in [-0.2, -0.15) is 0 Å². The van der Waals surface area contributed by atoms with E-state index in [2.05, 4.69) is 5.32 Å². The van der Waals surface area contributed by atoms with Crippen molar-refractivity contribution in [3.05, 3.63) is 0 Å². The highest BCUT2D eigenvalue weighted by molar-refractivity contribution is 5.83. The van der Waals surface area contributed by atoms with Crippen LogP contribution >= 0.6 is 0 Å². The number of nitrogens with one attached hydrogen (secondary N) is 1. The predicted octanol–water partition coefficient (Wildman–Crippen LogP) is 0.731. The third-order valence-electron chi connectivity index (χ3n) is 3.90. The van der Waals surface area contributed by atoms with Crippen LogP contribution in [0.1, 0.15) is 39.5 Å². The first-order valence-electron chi connectivity index (χ1n) is 6.16. The maximum Gasteiger partial charge on any atom is 0.306 e. The fourth-order valence-electron chi connectivity index (χ4n) is 2.09. The van der Waals surface area contributed by atoms with Crippen LogP contribution in [0.5, 0.6) is 0 Å². The molecule has 17 heavy (non-hydrogen) atoms. The van der Waals surface area contributed by atoms with Crippen molar-refractivity contribution in [2.24, 2.45) is 17.1 Å². The lowest BCUT2D eigenvalue weighted by atomic mass is 9.86. The second kappa shape index (κ2) is 5.49. The summed E-state index contributed by atoms with van der Waals surface area (Å²) < 4.78 is 0. The Morgan fingerprint density at radius 1 is 1.47 bits per heavy atom. The molecule has 0 radical (unpaired) electrons. The van der Waals surface area contributed by atoms with Crippen molar-refractivity contribution in [2.45, 2.75) is 45.6 Å². The number of carboxylic acids is 1. The molecule has 0 bridgehead atoms. The topological polar surface area (TPSA) is 92.4 Å². The summed E-state index contributed by atoms with van der Waals surface area (Å²) in [6, 6.07) is -0.0129. The minimum atomic E-state index is -0.765. The zero-order valence-corrected chi connectivity index (χ0v) is 10.5. The molecule has 0 saturated heterocycles. The van der Waals surface area contributed by atoms with Gasteiger partial charge in [0.2, 0.25) is 5.91 Å². The number of hydrogen-bond acceptors (Lipinski definition) is 3. The van der Waals surface area contributed by atoms with E-state index in [1.165, 1.54) is 0 Å². The first-order chi connectivity index (χ1) is 7.92. The van der Waals surface area contributed by atoms with Crippen LogP contribution < -0.4 is 11.1 Å². The van der Waals surface area contributed by atoms with Crippen molar-refractivity contribution in [3.63, 3.8) is 0 Å². The van der Waals surface area contributed by atoms with E-state index >= 15 is 0 Å². The quantitative estimate of drug-likeness (QED) is 0.662. The Kier molecular flexibility index (Phi) is 4.51. The Labute approximate surface area is 102 Å². The van der Waals surface area contributed by atoms with Crippen LogP contribution in [0.15, 0.2) is 0 Å². The van der Waals surface area contributed by atoms with Crippen LogP contribution in [-0.2, 0) is 9.59 Å². The van der Waals surface area contributed by atoms with Gasteiger partial charge < -0.3 is 16.2 Å². The maximum absolute atomic E-state index is 12.0. The van der Waals surface area contributed by atoms with E-state index in [-0.39, 0.29) is 17.9 Å². The van der Waals surface area contributed by atoms with Crippen molar-refractivity contribution < 1.29 is 14.7 Å². The molecule has 5 nitrogen and oxygen atoms in total. The maximum atomic E-state index is 12.0. The van der Waals surface area contributed by atoms with E-state index in [1.807, 2.05) is 13.8 Å². The molecule has 1 aliphatic carbocycles. The number of carbonyl (C=O) groups excluding carboxylic acids is 1. The normalized spacial score (nSPS) is 27.5. The summed E-state index contributed by atoms with van der Waals surface area (Å²) in [5, 5.41) is 11.8. The number of nitrogens with two attached hydrogens (primary N) is 1. The first kappa shape index (κ1) is 14.0. The standard InChI is InChI=1S/C12H22N2O3/c1-3-12(2,7-13)11(17)14-9-5-4-8(6-9)10(15)16/h8-9H,3-7,13H2,1-2H3,(H,14,17)(H,15,16)/t8-,9+,12?/m1/s1. The van der Waals surface area contributed by atoms with Crippen molar-refractivity contribution in [3.8, 4) is 0 Å². The van der Waals surface area contributed by atoms with Gasteiger partial charge in [0.1, 0.15) is 0 Å². The molecule has 1 aliphatic rings. The van der Waals surface area contributed by atoms with Crippen LogP contribution in [0.25, 0.3) is 0 Å².